The number of rotatable bonds is 5. The molecule has 1 N–H and O–H groups in total. The lowest BCUT2D eigenvalue weighted by molar-refractivity contribution is 0.204. The highest BCUT2D eigenvalue weighted by Crippen LogP contribution is 2.33. The lowest BCUT2D eigenvalue weighted by atomic mass is 9.75. The van der Waals surface area contributed by atoms with Crippen LogP contribution in [0, 0.1) is 11.8 Å². The smallest absolute Gasteiger partial charge is 0.00693 e. The van der Waals surface area contributed by atoms with Crippen molar-refractivity contribution in [2.45, 2.75) is 64.8 Å². The lowest BCUT2D eigenvalue weighted by Crippen LogP contribution is -2.35. The van der Waals surface area contributed by atoms with E-state index < -0.39 is 0 Å². The van der Waals surface area contributed by atoms with Gasteiger partial charge in [-0.25, -0.2) is 0 Å². The van der Waals surface area contributed by atoms with Crippen molar-refractivity contribution in [3.63, 3.8) is 0 Å². The maximum absolute atomic E-state index is 3.47. The second kappa shape index (κ2) is 6.44. The van der Waals surface area contributed by atoms with Crippen LogP contribution in [0.3, 0.4) is 0 Å². The van der Waals surface area contributed by atoms with Gasteiger partial charge in [0.05, 0.1) is 0 Å². The Kier molecular flexibility index (Phi) is 5.54. The van der Waals surface area contributed by atoms with E-state index in [-0.39, 0.29) is 0 Å². The fraction of sp³-hybridized carbons (Fsp3) is 1.00. The summed E-state index contributed by atoms with van der Waals surface area (Å²) in [5.41, 5.74) is 0. The zero-order chi connectivity index (χ0) is 10.4. The summed E-state index contributed by atoms with van der Waals surface area (Å²) in [5.74, 6) is 1.99. The molecule has 0 aromatic rings. The summed E-state index contributed by atoms with van der Waals surface area (Å²) in [6, 6.07) is 0.801. The molecule has 0 aromatic heterocycles. The van der Waals surface area contributed by atoms with Crippen molar-refractivity contribution in [2.75, 3.05) is 7.05 Å². The monoisotopic (exact) mass is 197 g/mol. The average Bonchev–Trinajstić information content (AvgIpc) is 2.25. The van der Waals surface area contributed by atoms with Crippen LogP contribution in [0.5, 0.6) is 0 Å². The topological polar surface area (TPSA) is 12.0 Å². The Bertz CT molecular complexity index is 132. The molecule has 0 bridgehead atoms. The Balaban J connectivity index is 2.35. The van der Waals surface area contributed by atoms with Gasteiger partial charge in [0.15, 0.2) is 0 Å². The van der Waals surface area contributed by atoms with Crippen LogP contribution in [0.2, 0.25) is 0 Å². The summed E-state index contributed by atoms with van der Waals surface area (Å²) < 4.78 is 0. The van der Waals surface area contributed by atoms with Crippen molar-refractivity contribution < 1.29 is 0 Å². The van der Waals surface area contributed by atoms with Crippen molar-refractivity contribution in [1.29, 1.82) is 0 Å². The molecule has 0 heterocycles. The number of unbranched alkanes of at least 4 members (excludes halogenated alkanes) is 1. The standard InChI is InChI=1S/C13H27N/c1-4-6-7-12-8-11(5-2)9-13(10-12)14-3/h11-14H,4-10H2,1-3H3/t11?,12-,13?/m0/s1. The van der Waals surface area contributed by atoms with Crippen LogP contribution in [-0.2, 0) is 0 Å². The van der Waals surface area contributed by atoms with Gasteiger partial charge >= 0.3 is 0 Å². The van der Waals surface area contributed by atoms with Gasteiger partial charge in [-0.15, -0.1) is 0 Å². The molecule has 0 radical (unpaired) electrons. The van der Waals surface area contributed by atoms with E-state index >= 15 is 0 Å². The maximum Gasteiger partial charge on any atom is 0.00693 e. The third-order valence-corrected chi connectivity index (χ3v) is 3.85. The normalized spacial score (nSPS) is 33.2. The molecule has 2 unspecified atom stereocenters. The van der Waals surface area contributed by atoms with Crippen LogP contribution in [0.4, 0.5) is 0 Å². The van der Waals surface area contributed by atoms with Crippen molar-refractivity contribution in [3.05, 3.63) is 0 Å². The summed E-state index contributed by atoms with van der Waals surface area (Å²) >= 11 is 0. The van der Waals surface area contributed by atoms with Gasteiger partial charge in [0.25, 0.3) is 0 Å². The molecule has 0 aromatic carbocycles. The highest BCUT2D eigenvalue weighted by Gasteiger charge is 2.26. The molecular weight excluding hydrogens is 170 g/mol. The van der Waals surface area contributed by atoms with Crippen LogP contribution in [0.1, 0.15) is 58.8 Å². The molecule has 1 aliphatic carbocycles. The third kappa shape index (κ3) is 3.61. The predicted octanol–water partition coefficient (Wildman–Crippen LogP) is 3.59. The van der Waals surface area contributed by atoms with Gasteiger partial charge in [-0.3, -0.25) is 0 Å². The molecule has 14 heavy (non-hydrogen) atoms. The van der Waals surface area contributed by atoms with Crippen molar-refractivity contribution >= 4 is 0 Å². The summed E-state index contributed by atoms with van der Waals surface area (Å²) in [7, 11) is 2.12. The number of hydrogen-bond donors (Lipinski definition) is 1. The molecular formula is C13H27N. The maximum atomic E-state index is 3.47. The SMILES string of the molecule is CCCC[C@H]1CC(CC)CC(NC)C1. The molecule has 1 saturated carbocycles. The van der Waals surface area contributed by atoms with Crippen molar-refractivity contribution in [1.82, 2.24) is 5.32 Å². The summed E-state index contributed by atoms with van der Waals surface area (Å²) in [6.07, 6.45) is 9.96. The second-order valence-electron chi connectivity index (χ2n) is 4.98. The van der Waals surface area contributed by atoms with Gasteiger partial charge in [-0.2, -0.15) is 0 Å². The second-order valence-corrected chi connectivity index (χ2v) is 4.98. The average molecular weight is 197 g/mol. The molecule has 3 atom stereocenters. The lowest BCUT2D eigenvalue weighted by Gasteiger charge is -2.34. The van der Waals surface area contributed by atoms with Gasteiger partial charge in [-0.05, 0) is 38.1 Å². The largest absolute Gasteiger partial charge is 0.317 e. The van der Waals surface area contributed by atoms with Crippen LogP contribution in [0.25, 0.3) is 0 Å². The Hall–Kier alpha value is -0.0400. The van der Waals surface area contributed by atoms with E-state index in [0.717, 1.165) is 17.9 Å². The van der Waals surface area contributed by atoms with E-state index in [1.807, 2.05) is 0 Å². The Labute approximate surface area is 89.7 Å². The molecule has 1 fully saturated rings. The highest BCUT2D eigenvalue weighted by molar-refractivity contribution is 4.81. The molecule has 0 amide bonds. The Morgan fingerprint density at radius 2 is 1.79 bits per heavy atom. The first-order valence-electron chi connectivity index (χ1n) is 6.47. The van der Waals surface area contributed by atoms with Crippen molar-refractivity contribution in [3.8, 4) is 0 Å². The van der Waals surface area contributed by atoms with E-state index in [9.17, 15) is 0 Å². The summed E-state index contributed by atoms with van der Waals surface area (Å²) in [4.78, 5) is 0. The Morgan fingerprint density at radius 1 is 1.07 bits per heavy atom. The van der Waals surface area contributed by atoms with Gasteiger partial charge in [-0.1, -0.05) is 39.5 Å². The van der Waals surface area contributed by atoms with Crippen LogP contribution in [-0.4, -0.2) is 13.1 Å². The molecule has 1 heteroatoms. The van der Waals surface area contributed by atoms with Crippen LogP contribution < -0.4 is 5.32 Å². The molecule has 1 rings (SSSR count). The van der Waals surface area contributed by atoms with Crippen LogP contribution >= 0.6 is 0 Å². The van der Waals surface area contributed by atoms with E-state index in [1.165, 1.54) is 44.9 Å². The molecule has 0 saturated heterocycles. The minimum Gasteiger partial charge on any atom is -0.317 e. The fourth-order valence-corrected chi connectivity index (χ4v) is 2.86. The summed E-state index contributed by atoms with van der Waals surface area (Å²) in [5, 5.41) is 3.47. The first-order valence-corrected chi connectivity index (χ1v) is 6.47. The summed E-state index contributed by atoms with van der Waals surface area (Å²) in [6.45, 7) is 4.65. The molecule has 1 aliphatic rings. The van der Waals surface area contributed by atoms with Crippen LogP contribution in [0.15, 0.2) is 0 Å². The fourth-order valence-electron chi connectivity index (χ4n) is 2.86. The molecule has 1 nitrogen and oxygen atoms in total. The first kappa shape index (κ1) is 12.0. The van der Waals surface area contributed by atoms with E-state index in [4.69, 9.17) is 0 Å². The van der Waals surface area contributed by atoms with Gasteiger partial charge in [0, 0.05) is 6.04 Å². The first-order chi connectivity index (χ1) is 6.80. The zero-order valence-electron chi connectivity index (χ0n) is 10.2. The number of nitrogens with one attached hydrogen (secondary N) is 1. The van der Waals surface area contributed by atoms with Crippen molar-refractivity contribution in [2.24, 2.45) is 11.8 Å². The van der Waals surface area contributed by atoms with E-state index in [0.29, 0.717) is 0 Å². The quantitative estimate of drug-likeness (QED) is 0.710. The predicted molar refractivity (Wildman–Crippen MR) is 63.5 cm³/mol. The Morgan fingerprint density at radius 3 is 2.36 bits per heavy atom. The number of hydrogen-bond acceptors (Lipinski definition) is 1. The minimum absolute atomic E-state index is 0.801. The van der Waals surface area contributed by atoms with Gasteiger partial charge in [0.2, 0.25) is 0 Å². The zero-order valence-corrected chi connectivity index (χ0v) is 10.2. The third-order valence-electron chi connectivity index (χ3n) is 3.85. The minimum atomic E-state index is 0.801. The van der Waals surface area contributed by atoms with Gasteiger partial charge < -0.3 is 5.32 Å². The molecule has 0 spiro atoms. The van der Waals surface area contributed by atoms with Gasteiger partial charge in [0.1, 0.15) is 0 Å². The van der Waals surface area contributed by atoms with E-state index in [2.05, 4.69) is 26.2 Å². The van der Waals surface area contributed by atoms with E-state index in [1.54, 1.807) is 0 Å². The molecule has 84 valence electrons. The highest BCUT2D eigenvalue weighted by atomic mass is 14.9. The molecule has 0 aliphatic heterocycles.